The number of nitrogens with zero attached hydrogens (tertiary/aromatic N) is 2. The average molecular weight is 284 g/mol. The van der Waals surface area contributed by atoms with Gasteiger partial charge in [0.15, 0.2) is 0 Å². The molecule has 0 aliphatic carbocycles. The van der Waals surface area contributed by atoms with Crippen LogP contribution >= 0.6 is 0 Å². The van der Waals surface area contributed by atoms with Gasteiger partial charge in [-0.25, -0.2) is 0 Å². The maximum Gasteiger partial charge on any atom is 0.418 e. The molecule has 0 fully saturated rings. The monoisotopic (exact) mass is 284 g/mol. The molecule has 3 N–H and O–H groups in total. The standard InChI is InChI=1S/C13H15F3N4/c1-20-8-9(7-19-20)4-5-18-12-3-2-10(17)6-11(12)13(14,15)16/h2-3,6-8,18H,4-5,17H2,1H3. The molecule has 0 unspecified atom stereocenters. The van der Waals surface area contributed by atoms with E-state index >= 15 is 0 Å². The summed E-state index contributed by atoms with van der Waals surface area (Å²) in [4.78, 5) is 0. The van der Waals surface area contributed by atoms with Crippen LogP contribution in [0.3, 0.4) is 0 Å². The number of rotatable bonds is 4. The zero-order valence-corrected chi connectivity index (χ0v) is 10.9. The van der Waals surface area contributed by atoms with Crippen LogP contribution in [0.25, 0.3) is 0 Å². The van der Waals surface area contributed by atoms with Crippen LogP contribution in [0.1, 0.15) is 11.1 Å². The number of hydrogen-bond acceptors (Lipinski definition) is 3. The number of nitrogens with one attached hydrogen (secondary N) is 1. The van der Waals surface area contributed by atoms with Crippen molar-refractivity contribution in [2.75, 3.05) is 17.6 Å². The number of hydrogen-bond donors (Lipinski definition) is 2. The molecule has 0 saturated carbocycles. The Kier molecular flexibility index (Phi) is 3.87. The minimum Gasteiger partial charge on any atom is -0.399 e. The lowest BCUT2D eigenvalue weighted by Gasteiger charge is -2.15. The van der Waals surface area contributed by atoms with Crippen LogP contribution in [0.2, 0.25) is 0 Å². The number of benzene rings is 1. The van der Waals surface area contributed by atoms with E-state index in [1.165, 1.54) is 12.1 Å². The summed E-state index contributed by atoms with van der Waals surface area (Å²) in [5.74, 6) is 0. The Hall–Kier alpha value is -2.18. The molecule has 1 aromatic heterocycles. The van der Waals surface area contributed by atoms with Gasteiger partial charge in [-0.15, -0.1) is 0 Å². The summed E-state index contributed by atoms with van der Waals surface area (Å²) in [6, 6.07) is 3.73. The summed E-state index contributed by atoms with van der Waals surface area (Å²) < 4.78 is 40.3. The highest BCUT2D eigenvalue weighted by atomic mass is 19.4. The van der Waals surface area contributed by atoms with Crippen LogP contribution in [0.5, 0.6) is 0 Å². The molecule has 2 rings (SSSR count). The van der Waals surface area contributed by atoms with E-state index < -0.39 is 11.7 Å². The molecule has 7 heteroatoms. The third-order valence-electron chi connectivity index (χ3n) is 2.84. The Labute approximate surface area is 114 Å². The third kappa shape index (κ3) is 3.43. The van der Waals surface area contributed by atoms with Crippen molar-refractivity contribution in [1.29, 1.82) is 0 Å². The normalized spacial score (nSPS) is 11.6. The van der Waals surface area contributed by atoms with E-state index in [2.05, 4.69) is 10.4 Å². The molecular formula is C13H15F3N4. The van der Waals surface area contributed by atoms with Crippen molar-refractivity contribution >= 4 is 11.4 Å². The molecule has 0 radical (unpaired) electrons. The second kappa shape index (κ2) is 5.44. The third-order valence-corrected chi connectivity index (χ3v) is 2.84. The minimum absolute atomic E-state index is 0.0376. The lowest BCUT2D eigenvalue weighted by molar-refractivity contribution is -0.136. The van der Waals surface area contributed by atoms with Crippen molar-refractivity contribution in [2.45, 2.75) is 12.6 Å². The van der Waals surface area contributed by atoms with Gasteiger partial charge in [0.05, 0.1) is 11.8 Å². The first-order chi connectivity index (χ1) is 9.36. The predicted octanol–water partition coefficient (Wildman–Crippen LogP) is 2.68. The van der Waals surface area contributed by atoms with Gasteiger partial charge in [0.25, 0.3) is 0 Å². The van der Waals surface area contributed by atoms with Crippen molar-refractivity contribution in [3.8, 4) is 0 Å². The predicted molar refractivity (Wildman–Crippen MR) is 71.3 cm³/mol. The molecule has 4 nitrogen and oxygen atoms in total. The lowest BCUT2D eigenvalue weighted by atomic mass is 10.1. The molecular weight excluding hydrogens is 269 g/mol. The number of alkyl halides is 3. The molecule has 1 heterocycles. The largest absolute Gasteiger partial charge is 0.418 e. The Morgan fingerprint density at radius 2 is 2.10 bits per heavy atom. The number of halogens is 3. The van der Waals surface area contributed by atoms with E-state index in [-0.39, 0.29) is 11.4 Å². The van der Waals surface area contributed by atoms with E-state index in [4.69, 9.17) is 5.73 Å². The minimum atomic E-state index is -4.42. The Balaban J connectivity index is 2.06. The second-order valence-corrected chi connectivity index (χ2v) is 4.50. The van der Waals surface area contributed by atoms with Crippen LogP contribution in [0.15, 0.2) is 30.6 Å². The first kappa shape index (κ1) is 14.2. The highest BCUT2D eigenvalue weighted by molar-refractivity contribution is 5.59. The smallest absolute Gasteiger partial charge is 0.399 e. The topological polar surface area (TPSA) is 55.9 Å². The summed E-state index contributed by atoms with van der Waals surface area (Å²) in [5, 5.41) is 6.80. The fourth-order valence-electron chi connectivity index (χ4n) is 1.89. The van der Waals surface area contributed by atoms with E-state index in [1.807, 2.05) is 6.20 Å². The molecule has 108 valence electrons. The summed E-state index contributed by atoms with van der Waals surface area (Å²) in [6.45, 7) is 0.388. The quantitative estimate of drug-likeness (QED) is 0.849. The van der Waals surface area contributed by atoms with Crippen LogP contribution in [0, 0.1) is 0 Å². The zero-order valence-electron chi connectivity index (χ0n) is 10.9. The fourth-order valence-corrected chi connectivity index (χ4v) is 1.89. The molecule has 0 spiro atoms. The van der Waals surface area contributed by atoms with Gasteiger partial charge in [-0.05, 0) is 30.2 Å². The zero-order chi connectivity index (χ0) is 14.8. The van der Waals surface area contributed by atoms with Crippen molar-refractivity contribution in [2.24, 2.45) is 7.05 Å². The molecule has 20 heavy (non-hydrogen) atoms. The highest BCUT2D eigenvalue weighted by Gasteiger charge is 2.33. The molecule has 2 aromatic rings. The molecule has 0 aliphatic rings. The number of nitrogens with two attached hydrogens (primary N) is 1. The molecule has 0 saturated heterocycles. The van der Waals surface area contributed by atoms with Gasteiger partial charge >= 0.3 is 6.18 Å². The Bertz CT molecular complexity index is 590. The first-order valence-corrected chi connectivity index (χ1v) is 6.04. The number of aryl methyl sites for hydroxylation is 1. The lowest BCUT2D eigenvalue weighted by Crippen LogP contribution is -2.13. The summed E-state index contributed by atoms with van der Waals surface area (Å²) >= 11 is 0. The van der Waals surface area contributed by atoms with Gasteiger partial charge in [0, 0.05) is 31.2 Å². The molecule has 1 aromatic carbocycles. The van der Waals surface area contributed by atoms with Gasteiger partial charge in [0.1, 0.15) is 0 Å². The van der Waals surface area contributed by atoms with Crippen LogP contribution in [-0.4, -0.2) is 16.3 Å². The number of nitrogen functional groups attached to an aromatic ring is 1. The van der Waals surface area contributed by atoms with Crippen molar-refractivity contribution < 1.29 is 13.2 Å². The van der Waals surface area contributed by atoms with E-state index in [0.29, 0.717) is 13.0 Å². The fraction of sp³-hybridized carbons (Fsp3) is 0.308. The van der Waals surface area contributed by atoms with Gasteiger partial charge < -0.3 is 11.1 Å². The average Bonchev–Trinajstić information content (AvgIpc) is 2.76. The van der Waals surface area contributed by atoms with Crippen molar-refractivity contribution in [3.63, 3.8) is 0 Å². The SMILES string of the molecule is Cn1cc(CCNc2ccc(N)cc2C(F)(F)F)cn1. The number of anilines is 2. The molecule has 0 aliphatic heterocycles. The summed E-state index contributed by atoms with van der Waals surface area (Å²) in [7, 11) is 1.79. The van der Waals surface area contributed by atoms with Crippen LogP contribution in [0.4, 0.5) is 24.5 Å². The second-order valence-electron chi connectivity index (χ2n) is 4.50. The van der Waals surface area contributed by atoms with Gasteiger partial charge in [0.2, 0.25) is 0 Å². The van der Waals surface area contributed by atoms with Crippen LogP contribution < -0.4 is 11.1 Å². The van der Waals surface area contributed by atoms with Crippen molar-refractivity contribution in [1.82, 2.24) is 9.78 Å². The van der Waals surface area contributed by atoms with Crippen molar-refractivity contribution in [3.05, 3.63) is 41.7 Å². The maximum absolute atomic E-state index is 12.9. The van der Waals surface area contributed by atoms with Gasteiger partial charge in [-0.3, -0.25) is 4.68 Å². The Morgan fingerprint density at radius 3 is 2.70 bits per heavy atom. The maximum atomic E-state index is 12.9. The first-order valence-electron chi connectivity index (χ1n) is 6.04. The molecule has 0 bridgehead atoms. The molecule has 0 atom stereocenters. The number of aromatic nitrogens is 2. The van der Waals surface area contributed by atoms with E-state index in [0.717, 1.165) is 11.6 Å². The summed E-state index contributed by atoms with van der Waals surface area (Å²) in [6.07, 6.45) is -0.313. The van der Waals surface area contributed by atoms with E-state index in [9.17, 15) is 13.2 Å². The Morgan fingerprint density at radius 1 is 1.35 bits per heavy atom. The van der Waals surface area contributed by atoms with E-state index in [1.54, 1.807) is 17.9 Å². The van der Waals surface area contributed by atoms with Crippen LogP contribution in [-0.2, 0) is 19.6 Å². The molecule has 0 amide bonds. The van der Waals surface area contributed by atoms with Gasteiger partial charge in [-0.1, -0.05) is 0 Å². The summed E-state index contributed by atoms with van der Waals surface area (Å²) in [5.41, 5.74) is 5.75. The van der Waals surface area contributed by atoms with Gasteiger partial charge in [-0.2, -0.15) is 18.3 Å². The highest BCUT2D eigenvalue weighted by Crippen LogP contribution is 2.35.